The lowest BCUT2D eigenvalue weighted by Crippen LogP contribution is -2.32. The minimum atomic E-state index is 0.214. The topological polar surface area (TPSA) is 20.3 Å². The molecular formula is C12H25NO. The lowest BCUT2D eigenvalue weighted by molar-refractivity contribution is -0.129. The Bertz CT molecular complexity index is 152. The molecule has 14 heavy (non-hydrogen) atoms. The van der Waals surface area contributed by atoms with Gasteiger partial charge in [-0.15, -0.1) is 0 Å². The quantitative estimate of drug-likeness (QED) is 0.644. The third-order valence-corrected chi connectivity index (χ3v) is 2.40. The summed E-state index contributed by atoms with van der Waals surface area (Å²) >= 11 is 0. The summed E-state index contributed by atoms with van der Waals surface area (Å²) in [6, 6.07) is 0. The van der Waals surface area contributed by atoms with Crippen molar-refractivity contribution in [2.75, 3.05) is 13.1 Å². The summed E-state index contributed by atoms with van der Waals surface area (Å²) in [6.45, 7) is 12.3. The van der Waals surface area contributed by atoms with E-state index in [2.05, 4.69) is 27.7 Å². The fourth-order valence-corrected chi connectivity index (χ4v) is 1.25. The molecule has 0 heterocycles. The van der Waals surface area contributed by atoms with Crippen LogP contribution in [0, 0.1) is 11.8 Å². The summed E-state index contributed by atoms with van der Waals surface area (Å²) in [7, 11) is 0. The Morgan fingerprint density at radius 1 is 1.00 bits per heavy atom. The zero-order chi connectivity index (χ0) is 11.1. The predicted molar refractivity (Wildman–Crippen MR) is 61.2 cm³/mol. The van der Waals surface area contributed by atoms with Crippen LogP contribution in [0.1, 0.15) is 47.5 Å². The van der Waals surface area contributed by atoms with Crippen molar-refractivity contribution in [3.63, 3.8) is 0 Å². The Balaban J connectivity index is 3.84. The zero-order valence-corrected chi connectivity index (χ0v) is 10.3. The minimum absolute atomic E-state index is 0.214. The normalized spacial score (nSPS) is 11.1. The van der Waals surface area contributed by atoms with Gasteiger partial charge in [-0.2, -0.15) is 0 Å². The fourth-order valence-electron chi connectivity index (χ4n) is 1.25. The van der Waals surface area contributed by atoms with Crippen LogP contribution in [0.3, 0.4) is 0 Å². The molecule has 0 aliphatic rings. The Hall–Kier alpha value is -0.530. The molecule has 0 spiro atoms. The van der Waals surface area contributed by atoms with Crippen LogP contribution in [0.25, 0.3) is 0 Å². The second-order valence-corrected chi connectivity index (χ2v) is 4.87. The van der Waals surface area contributed by atoms with Gasteiger partial charge in [0.25, 0.3) is 0 Å². The summed E-state index contributed by atoms with van der Waals surface area (Å²) in [4.78, 5) is 13.3. The SMILES string of the molecule is CC(=O)N(CCC(C)C)CCC(C)C. The van der Waals surface area contributed by atoms with E-state index in [1.807, 2.05) is 4.90 Å². The summed E-state index contributed by atoms with van der Waals surface area (Å²) in [5.41, 5.74) is 0. The molecule has 0 N–H and O–H groups in total. The van der Waals surface area contributed by atoms with Gasteiger partial charge >= 0.3 is 0 Å². The molecule has 0 aliphatic carbocycles. The lowest BCUT2D eigenvalue weighted by atomic mass is 10.1. The lowest BCUT2D eigenvalue weighted by Gasteiger charge is -2.22. The van der Waals surface area contributed by atoms with E-state index in [0.717, 1.165) is 25.9 Å². The van der Waals surface area contributed by atoms with Gasteiger partial charge in [-0.1, -0.05) is 27.7 Å². The van der Waals surface area contributed by atoms with Gasteiger partial charge < -0.3 is 4.90 Å². The number of carbonyl (C=O) groups is 1. The monoisotopic (exact) mass is 199 g/mol. The van der Waals surface area contributed by atoms with Gasteiger partial charge in [0, 0.05) is 20.0 Å². The van der Waals surface area contributed by atoms with E-state index in [4.69, 9.17) is 0 Å². The average Bonchev–Trinajstić information content (AvgIpc) is 2.02. The molecule has 0 radical (unpaired) electrons. The van der Waals surface area contributed by atoms with Crippen molar-refractivity contribution in [3.8, 4) is 0 Å². The van der Waals surface area contributed by atoms with E-state index in [0.29, 0.717) is 11.8 Å². The molecule has 0 aromatic rings. The molecule has 0 aliphatic heterocycles. The molecule has 2 nitrogen and oxygen atoms in total. The van der Waals surface area contributed by atoms with Gasteiger partial charge in [-0.25, -0.2) is 0 Å². The molecule has 1 amide bonds. The molecule has 84 valence electrons. The smallest absolute Gasteiger partial charge is 0.219 e. The van der Waals surface area contributed by atoms with Crippen LogP contribution in [-0.4, -0.2) is 23.9 Å². The molecule has 0 bridgehead atoms. The van der Waals surface area contributed by atoms with Gasteiger partial charge in [-0.05, 0) is 24.7 Å². The summed E-state index contributed by atoms with van der Waals surface area (Å²) in [6.07, 6.45) is 2.22. The van der Waals surface area contributed by atoms with Crippen molar-refractivity contribution in [3.05, 3.63) is 0 Å². The van der Waals surface area contributed by atoms with Gasteiger partial charge in [-0.3, -0.25) is 4.79 Å². The summed E-state index contributed by atoms with van der Waals surface area (Å²) < 4.78 is 0. The zero-order valence-electron chi connectivity index (χ0n) is 10.3. The van der Waals surface area contributed by atoms with Gasteiger partial charge in [0.1, 0.15) is 0 Å². The van der Waals surface area contributed by atoms with Crippen LogP contribution in [-0.2, 0) is 4.79 Å². The first-order valence-corrected chi connectivity index (χ1v) is 5.69. The average molecular weight is 199 g/mol. The number of hydrogen-bond acceptors (Lipinski definition) is 1. The van der Waals surface area contributed by atoms with Crippen molar-refractivity contribution in [1.82, 2.24) is 4.90 Å². The van der Waals surface area contributed by atoms with Crippen LogP contribution in [0.2, 0.25) is 0 Å². The Kier molecular flexibility index (Phi) is 6.60. The maximum Gasteiger partial charge on any atom is 0.219 e. The van der Waals surface area contributed by atoms with E-state index in [1.54, 1.807) is 6.92 Å². The fraction of sp³-hybridized carbons (Fsp3) is 0.917. The van der Waals surface area contributed by atoms with Crippen LogP contribution < -0.4 is 0 Å². The van der Waals surface area contributed by atoms with E-state index >= 15 is 0 Å². The summed E-state index contributed by atoms with van der Waals surface area (Å²) in [5.74, 6) is 1.57. The molecule has 0 saturated carbocycles. The van der Waals surface area contributed by atoms with Gasteiger partial charge in [0.2, 0.25) is 5.91 Å². The van der Waals surface area contributed by atoms with Crippen LogP contribution in [0.5, 0.6) is 0 Å². The molecule has 0 rings (SSSR count). The van der Waals surface area contributed by atoms with Crippen LogP contribution >= 0.6 is 0 Å². The Labute approximate surface area is 88.7 Å². The van der Waals surface area contributed by atoms with Crippen LogP contribution in [0.4, 0.5) is 0 Å². The van der Waals surface area contributed by atoms with Crippen molar-refractivity contribution < 1.29 is 4.79 Å². The first-order valence-electron chi connectivity index (χ1n) is 5.69. The second kappa shape index (κ2) is 6.86. The van der Waals surface area contributed by atoms with Gasteiger partial charge in [0.15, 0.2) is 0 Å². The molecular weight excluding hydrogens is 174 g/mol. The number of carbonyl (C=O) groups excluding carboxylic acids is 1. The standard InChI is InChI=1S/C12H25NO/c1-10(2)6-8-13(12(5)14)9-7-11(3)4/h10-11H,6-9H2,1-5H3. The van der Waals surface area contributed by atoms with Crippen molar-refractivity contribution in [1.29, 1.82) is 0 Å². The summed E-state index contributed by atoms with van der Waals surface area (Å²) in [5, 5.41) is 0. The first-order chi connectivity index (χ1) is 6.43. The molecule has 0 saturated heterocycles. The third kappa shape index (κ3) is 6.93. The minimum Gasteiger partial charge on any atom is -0.343 e. The highest BCUT2D eigenvalue weighted by Gasteiger charge is 2.09. The number of nitrogens with zero attached hydrogens (tertiary/aromatic N) is 1. The molecule has 0 fully saturated rings. The first kappa shape index (κ1) is 13.5. The number of hydrogen-bond donors (Lipinski definition) is 0. The van der Waals surface area contributed by atoms with E-state index in [1.165, 1.54) is 0 Å². The Morgan fingerprint density at radius 2 is 1.36 bits per heavy atom. The largest absolute Gasteiger partial charge is 0.343 e. The van der Waals surface area contributed by atoms with Crippen molar-refractivity contribution >= 4 is 5.91 Å². The Morgan fingerprint density at radius 3 is 1.57 bits per heavy atom. The van der Waals surface area contributed by atoms with E-state index in [-0.39, 0.29) is 5.91 Å². The van der Waals surface area contributed by atoms with E-state index in [9.17, 15) is 4.79 Å². The number of rotatable bonds is 6. The molecule has 0 unspecified atom stereocenters. The van der Waals surface area contributed by atoms with Crippen molar-refractivity contribution in [2.24, 2.45) is 11.8 Å². The third-order valence-electron chi connectivity index (χ3n) is 2.40. The van der Waals surface area contributed by atoms with Crippen LogP contribution in [0.15, 0.2) is 0 Å². The molecule has 0 aromatic carbocycles. The highest BCUT2D eigenvalue weighted by atomic mass is 16.2. The predicted octanol–water partition coefficient (Wildman–Crippen LogP) is 2.93. The maximum absolute atomic E-state index is 11.3. The van der Waals surface area contributed by atoms with Gasteiger partial charge in [0.05, 0.1) is 0 Å². The highest BCUT2D eigenvalue weighted by Crippen LogP contribution is 2.06. The number of amides is 1. The molecule has 2 heteroatoms. The second-order valence-electron chi connectivity index (χ2n) is 4.87. The van der Waals surface area contributed by atoms with Crippen molar-refractivity contribution in [2.45, 2.75) is 47.5 Å². The molecule has 0 aromatic heterocycles. The van der Waals surface area contributed by atoms with E-state index < -0.39 is 0 Å². The maximum atomic E-state index is 11.3. The molecule has 0 atom stereocenters. The highest BCUT2D eigenvalue weighted by molar-refractivity contribution is 5.73.